The maximum absolute atomic E-state index is 5.48. The van der Waals surface area contributed by atoms with Crippen LogP contribution < -0.4 is 15.5 Å². The lowest BCUT2D eigenvalue weighted by Gasteiger charge is -2.30. The minimum atomic E-state index is 0. The molecule has 0 spiro atoms. The van der Waals surface area contributed by atoms with Crippen LogP contribution in [0.1, 0.15) is 18.1 Å². The van der Waals surface area contributed by atoms with E-state index in [2.05, 4.69) is 71.0 Å². The van der Waals surface area contributed by atoms with Crippen molar-refractivity contribution in [3.05, 3.63) is 65.7 Å². The molecule has 0 saturated carbocycles. The standard InChI is InChI=1S/C22H30N4O.HI/c1-2-23-22(24-13-12-19-8-4-3-5-9-19)25-18-20-10-6-7-11-21(20)26-14-16-27-17-15-26;/h3-11H,2,12-18H2,1H3,(H2,23,24,25);1H. The fourth-order valence-electron chi connectivity index (χ4n) is 3.23. The summed E-state index contributed by atoms with van der Waals surface area (Å²) in [5.41, 5.74) is 3.85. The molecule has 2 aromatic carbocycles. The molecule has 1 fully saturated rings. The number of guanidine groups is 1. The Morgan fingerprint density at radius 2 is 1.71 bits per heavy atom. The van der Waals surface area contributed by atoms with Crippen LogP contribution in [0.5, 0.6) is 0 Å². The third kappa shape index (κ3) is 6.98. The zero-order valence-corrected chi connectivity index (χ0v) is 18.9. The predicted molar refractivity (Wildman–Crippen MR) is 128 cm³/mol. The zero-order valence-electron chi connectivity index (χ0n) is 16.6. The second kappa shape index (κ2) is 12.6. The van der Waals surface area contributed by atoms with Gasteiger partial charge in [-0.25, -0.2) is 4.99 Å². The SMILES string of the molecule is CCNC(=NCc1ccccc1N1CCOCC1)NCCc1ccccc1.I. The van der Waals surface area contributed by atoms with Crippen molar-refractivity contribution in [3.63, 3.8) is 0 Å². The highest BCUT2D eigenvalue weighted by molar-refractivity contribution is 14.0. The summed E-state index contributed by atoms with van der Waals surface area (Å²) in [6.45, 7) is 7.93. The average molecular weight is 494 g/mol. The quantitative estimate of drug-likeness (QED) is 0.352. The van der Waals surface area contributed by atoms with Crippen molar-refractivity contribution in [2.75, 3.05) is 44.3 Å². The Labute approximate surface area is 185 Å². The number of para-hydroxylation sites is 1. The topological polar surface area (TPSA) is 48.9 Å². The van der Waals surface area contributed by atoms with Crippen molar-refractivity contribution >= 4 is 35.6 Å². The van der Waals surface area contributed by atoms with Crippen LogP contribution in [0.25, 0.3) is 0 Å². The molecule has 5 nitrogen and oxygen atoms in total. The number of anilines is 1. The van der Waals surface area contributed by atoms with Gasteiger partial charge in [-0.2, -0.15) is 0 Å². The molecule has 2 aromatic rings. The van der Waals surface area contributed by atoms with Crippen molar-refractivity contribution in [3.8, 4) is 0 Å². The molecule has 1 aliphatic heterocycles. The number of ether oxygens (including phenoxy) is 1. The van der Waals surface area contributed by atoms with E-state index in [1.807, 2.05) is 6.07 Å². The number of morpholine rings is 1. The highest BCUT2D eigenvalue weighted by Gasteiger charge is 2.14. The molecule has 6 heteroatoms. The van der Waals surface area contributed by atoms with Crippen LogP contribution in [0, 0.1) is 0 Å². The zero-order chi connectivity index (χ0) is 18.7. The van der Waals surface area contributed by atoms with Gasteiger partial charge in [0.15, 0.2) is 5.96 Å². The van der Waals surface area contributed by atoms with Gasteiger partial charge in [0.05, 0.1) is 19.8 Å². The fraction of sp³-hybridized carbons (Fsp3) is 0.409. The highest BCUT2D eigenvalue weighted by Crippen LogP contribution is 2.22. The summed E-state index contributed by atoms with van der Waals surface area (Å²) in [6, 6.07) is 19.1. The smallest absolute Gasteiger partial charge is 0.191 e. The van der Waals surface area contributed by atoms with Gasteiger partial charge >= 0.3 is 0 Å². The molecule has 28 heavy (non-hydrogen) atoms. The average Bonchev–Trinajstić information content (AvgIpc) is 2.74. The molecule has 1 aliphatic rings. The summed E-state index contributed by atoms with van der Waals surface area (Å²) in [4.78, 5) is 7.20. The van der Waals surface area contributed by atoms with Crippen LogP contribution in [-0.2, 0) is 17.7 Å². The Kier molecular flexibility index (Phi) is 10.1. The first-order valence-corrected chi connectivity index (χ1v) is 9.83. The maximum atomic E-state index is 5.48. The van der Waals surface area contributed by atoms with Gasteiger partial charge in [-0.1, -0.05) is 48.5 Å². The predicted octanol–water partition coefficient (Wildman–Crippen LogP) is 3.44. The molecular weight excluding hydrogens is 463 g/mol. The van der Waals surface area contributed by atoms with Gasteiger partial charge in [-0.3, -0.25) is 0 Å². The molecule has 1 heterocycles. The van der Waals surface area contributed by atoms with Crippen molar-refractivity contribution in [2.45, 2.75) is 19.9 Å². The van der Waals surface area contributed by atoms with Gasteiger partial charge in [0.2, 0.25) is 0 Å². The molecule has 1 saturated heterocycles. The lowest BCUT2D eigenvalue weighted by atomic mass is 10.1. The number of aliphatic imine (C=N–C) groups is 1. The van der Waals surface area contributed by atoms with Crippen LogP contribution in [0.4, 0.5) is 5.69 Å². The maximum Gasteiger partial charge on any atom is 0.191 e. The first-order valence-electron chi connectivity index (χ1n) is 9.83. The Bertz CT molecular complexity index is 717. The normalized spacial score (nSPS) is 14.3. The summed E-state index contributed by atoms with van der Waals surface area (Å²) < 4.78 is 5.48. The molecule has 0 unspecified atom stereocenters. The van der Waals surface area contributed by atoms with Crippen LogP contribution in [0.2, 0.25) is 0 Å². The summed E-state index contributed by atoms with van der Waals surface area (Å²) in [5, 5.41) is 6.79. The number of nitrogens with one attached hydrogen (secondary N) is 2. The number of benzene rings is 2. The second-order valence-corrected chi connectivity index (χ2v) is 6.59. The third-order valence-electron chi connectivity index (χ3n) is 4.64. The summed E-state index contributed by atoms with van der Waals surface area (Å²) in [5.74, 6) is 0.866. The molecular formula is C22H31IN4O. The molecule has 0 aliphatic carbocycles. The van der Waals surface area contributed by atoms with E-state index in [9.17, 15) is 0 Å². The molecule has 3 rings (SSSR count). The Hall–Kier alpha value is -1.80. The fourth-order valence-corrected chi connectivity index (χ4v) is 3.23. The van der Waals surface area contributed by atoms with Crippen molar-refractivity contribution < 1.29 is 4.74 Å². The molecule has 152 valence electrons. The largest absolute Gasteiger partial charge is 0.378 e. The van der Waals surface area contributed by atoms with E-state index in [1.165, 1.54) is 16.8 Å². The van der Waals surface area contributed by atoms with Gasteiger partial charge in [-0.15, -0.1) is 24.0 Å². The molecule has 0 bridgehead atoms. The number of rotatable bonds is 7. The van der Waals surface area contributed by atoms with Crippen LogP contribution >= 0.6 is 24.0 Å². The monoisotopic (exact) mass is 494 g/mol. The van der Waals surface area contributed by atoms with E-state index in [4.69, 9.17) is 9.73 Å². The second-order valence-electron chi connectivity index (χ2n) is 6.59. The van der Waals surface area contributed by atoms with Gasteiger partial charge in [0.25, 0.3) is 0 Å². The van der Waals surface area contributed by atoms with E-state index >= 15 is 0 Å². The molecule has 0 atom stereocenters. The van der Waals surface area contributed by atoms with Crippen molar-refractivity contribution in [2.24, 2.45) is 4.99 Å². The molecule has 0 amide bonds. The minimum Gasteiger partial charge on any atom is -0.378 e. The third-order valence-corrected chi connectivity index (χ3v) is 4.64. The summed E-state index contributed by atoms with van der Waals surface area (Å²) in [6.07, 6.45) is 0.982. The van der Waals surface area contributed by atoms with Crippen LogP contribution in [0.3, 0.4) is 0 Å². The van der Waals surface area contributed by atoms with Gasteiger partial charge < -0.3 is 20.3 Å². The Balaban J connectivity index is 0.00000280. The van der Waals surface area contributed by atoms with Crippen molar-refractivity contribution in [1.82, 2.24) is 10.6 Å². The van der Waals surface area contributed by atoms with E-state index < -0.39 is 0 Å². The van der Waals surface area contributed by atoms with Crippen molar-refractivity contribution in [1.29, 1.82) is 0 Å². The molecule has 0 aromatic heterocycles. The van der Waals surface area contributed by atoms with Gasteiger partial charge in [0.1, 0.15) is 0 Å². The van der Waals surface area contributed by atoms with Gasteiger partial charge in [-0.05, 0) is 30.5 Å². The highest BCUT2D eigenvalue weighted by atomic mass is 127. The number of hydrogen-bond acceptors (Lipinski definition) is 3. The Morgan fingerprint density at radius 3 is 2.46 bits per heavy atom. The van der Waals surface area contributed by atoms with E-state index in [-0.39, 0.29) is 24.0 Å². The first kappa shape index (κ1) is 22.5. The molecule has 2 N–H and O–H groups in total. The summed E-state index contributed by atoms with van der Waals surface area (Å²) in [7, 11) is 0. The summed E-state index contributed by atoms with van der Waals surface area (Å²) >= 11 is 0. The number of halogens is 1. The Morgan fingerprint density at radius 1 is 1.00 bits per heavy atom. The van der Waals surface area contributed by atoms with E-state index in [0.29, 0.717) is 6.54 Å². The van der Waals surface area contributed by atoms with Crippen LogP contribution in [-0.4, -0.2) is 45.4 Å². The van der Waals surface area contributed by atoms with E-state index in [1.54, 1.807) is 0 Å². The lowest BCUT2D eigenvalue weighted by Crippen LogP contribution is -2.38. The first-order chi connectivity index (χ1) is 13.4. The van der Waals surface area contributed by atoms with E-state index in [0.717, 1.165) is 51.8 Å². The van der Waals surface area contributed by atoms with Gasteiger partial charge in [0, 0.05) is 31.9 Å². The molecule has 0 radical (unpaired) electrons. The number of nitrogens with zero attached hydrogens (tertiary/aromatic N) is 2. The minimum absolute atomic E-state index is 0. The number of hydrogen-bond donors (Lipinski definition) is 2. The van der Waals surface area contributed by atoms with Crippen LogP contribution in [0.15, 0.2) is 59.6 Å². The lowest BCUT2D eigenvalue weighted by molar-refractivity contribution is 0.122.